The predicted octanol–water partition coefficient (Wildman–Crippen LogP) is 1.68. The van der Waals surface area contributed by atoms with E-state index in [1.54, 1.807) is 36.2 Å². The van der Waals surface area contributed by atoms with Gasteiger partial charge in [0.15, 0.2) is 0 Å². The number of urea groups is 1. The fourth-order valence-corrected chi connectivity index (χ4v) is 1.68. The van der Waals surface area contributed by atoms with Crippen LogP contribution in [0.4, 0.5) is 10.5 Å². The number of hydrogen-bond donors (Lipinski definition) is 2. The normalized spacial score (nSPS) is 17.3. The Balaban J connectivity index is 2.03. The van der Waals surface area contributed by atoms with Gasteiger partial charge in [-0.1, -0.05) is 11.6 Å². The van der Waals surface area contributed by atoms with E-state index in [1.807, 2.05) is 0 Å². The highest BCUT2D eigenvalue weighted by Crippen LogP contribution is 2.13. The summed E-state index contributed by atoms with van der Waals surface area (Å²) < 4.78 is 0. The largest absolute Gasteiger partial charge is 0.348 e. The molecular weight excluding hydrogens is 268 g/mol. The van der Waals surface area contributed by atoms with Crippen molar-refractivity contribution in [3.05, 3.63) is 29.3 Å². The van der Waals surface area contributed by atoms with Gasteiger partial charge in [-0.25, -0.2) is 4.79 Å². The van der Waals surface area contributed by atoms with Gasteiger partial charge in [0.25, 0.3) is 0 Å². The number of nitrogens with zero attached hydrogens (tertiary/aromatic N) is 2. The molecule has 1 aromatic carbocycles. The molecule has 0 unspecified atom stereocenters. The quantitative estimate of drug-likeness (QED) is 0.822. The molecule has 1 aliphatic heterocycles. The van der Waals surface area contributed by atoms with Crippen LogP contribution in [0.25, 0.3) is 0 Å². The highest BCUT2D eigenvalue weighted by molar-refractivity contribution is 6.30. The fourth-order valence-electron chi connectivity index (χ4n) is 1.55. The average molecular weight is 281 g/mol. The molecule has 2 N–H and O–H groups in total. The first-order chi connectivity index (χ1) is 9.04. The minimum Gasteiger partial charge on any atom is -0.345 e. The first-order valence-corrected chi connectivity index (χ1v) is 6.08. The van der Waals surface area contributed by atoms with Gasteiger partial charge < -0.3 is 10.2 Å². The Morgan fingerprint density at radius 2 is 2.11 bits per heavy atom. The Morgan fingerprint density at radius 1 is 1.42 bits per heavy atom. The Kier molecular flexibility index (Phi) is 4.01. The van der Waals surface area contributed by atoms with E-state index in [2.05, 4.69) is 15.6 Å². The third-order valence-corrected chi connectivity index (χ3v) is 2.84. The van der Waals surface area contributed by atoms with Crippen LogP contribution in [0.3, 0.4) is 0 Å². The summed E-state index contributed by atoms with van der Waals surface area (Å²) in [5.41, 5.74) is 0.587. The number of nitrogens with one attached hydrogen (secondary N) is 2. The zero-order chi connectivity index (χ0) is 13.8. The number of amides is 3. The van der Waals surface area contributed by atoms with Crippen molar-refractivity contribution in [2.75, 3.05) is 18.9 Å². The van der Waals surface area contributed by atoms with Crippen molar-refractivity contribution in [3.63, 3.8) is 0 Å². The number of anilines is 1. The molecule has 0 bridgehead atoms. The molecular formula is C12H13ClN4O2. The van der Waals surface area contributed by atoms with E-state index in [-0.39, 0.29) is 11.9 Å². The third-order valence-electron chi connectivity index (χ3n) is 2.59. The number of aliphatic imine (C=N–C) groups is 1. The van der Waals surface area contributed by atoms with Gasteiger partial charge in [-0.15, -0.1) is 0 Å². The van der Waals surface area contributed by atoms with Gasteiger partial charge in [0, 0.05) is 30.7 Å². The maximum Gasteiger partial charge on any atom is 0.348 e. The van der Waals surface area contributed by atoms with Crippen LogP contribution in [0.15, 0.2) is 29.3 Å². The van der Waals surface area contributed by atoms with Gasteiger partial charge in [-0.05, 0) is 24.3 Å². The van der Waals surface area contributed by atoms with Crippen molar-refractivity contribution in [2.24, 2.45) is 4.99 Å². The molecule has 0 radical (unpaired) electrons. The fraction of sp³-hybridized carbons (Fsp3) is 0.250. The van der Waals surface area contributed by atoms with Gasteiger partial charge in [-0.3, -0.25) is 10.1 Å². The van der Waals surface area contributed by atoms with Crippen LogP contribution in [0.5, 0.6) is 0 Å². The lowest BCUT2D eigenvalue weighted by Crippen LogP contribution is -2.49. The molecule has 1 fully saturated rings. The Morgan fingerprint density at radius 3 is 2.79 bits per heavy atom. The Hall–Kier alpha value is -2.08. The van der Waals surface area contributed by atoms with Crippen molar-refractivity contribution in [1.82, 2.24) is 10.2 Å². The summed E-state index contributed by atoms with van der Waals surface area (Å²) in [6.07, 6.45) is 0.397. The first-order valence-electron chi connectivity index (χ1n) is 5.71. The van der Waals surface area contributed by atoms with E-state index in [0.29, 0.717) is 23.7 Å². The van der Waals surface area contributed by atoms with Crippen LogP contribution in [0, 0.1) is 0 Å². The molecule has 1 saturated heterocycles. The monoisotopic (exact) mass is 280 g/mol. The van der Waals surface area contributed by atoms with Crippen LogP contribution in [-0.2, 0) is 4.79 Å². The summed E-state index contributed by atoms with van der Waals surface area (Å²) >= 11 is 5.74. The Labute approximate surface area is 115 Å². The summed E-state index contributed by atoms with van der Waals surface area (Å²) in [5, 5.41) is 5.72. The van der Waals surface area contributed by atoms with Gasteiger partial charge in [0.05, 0.1) is 0 Å². The number of carbonyl (C=O) groups is 2. The van der Waals surface area contributed by atoms with Crippen molar-refractivity contribution in [3.8, 4) is 0 Å². The molecule has 0 atom stereocenters. The molecule has 6 nitrogen and oxygen atoms in total. The second kappa shape index (κ2) is 5.71. The summed E-state index contributed by atoms with van der Waals surface area (Å²) in [6, 6.07) is 6.12. The molecule has 0 saturated carbocycles. The summed E-state index contributed by atoms with van der Waals surface area (Å²) in [4.78, 5) is 28.5. The minimum absolute atomic E-state index is 0.142. The molecule has 1 heterocycles. The lowest BCUT2D eigenvalue weighted by Gasteiger charge is -2.25. The van der Waals surface area contributed by atoms with E-state index < -0.39 is 6.03 Å². The van der Waals surface area contributed by atoms with Crippen molar-refractivity contribution in [2.45, 2.75) is 6.42 Å². The number of carbonyl (C=O) groups excluding carboxylic acids is 2. The Bertz CT molecular complexity index is 527. The number of hydrogen-bond acceptors (Lipinski definition) is 2. The van der Waals surface area contributed by atoms with Crippen LogP contribution in [0.1, 0.15) is 6.42 Å². The maximum absolute atomic E-state index is 11.7. The first kappa shape index (κ1) is 13.4. The zero-order valence-corrected chi connectivity index (χ0v) is 11.1. The molecule has 2 rings (SSSR count). The number of benzene rings is 1. The summed E-state index contributed by atoms with van der Waals surface area (Å²) in [7, 11) is 1.76. The van der Waals surface area contributed by atoms with E-state index >= 15 is 0 Å². The third kappa shape index (κ3) is 3.69. The molecule has 0 aromatic heterocycles. The van der Waals surface area contributed by atoms with Gasteiger partial charge >= 0.3 is 6.03 Å². The van der Waals surface area contributed by atoms with E-state index in [4.69, 9.17) is 11.6 Å². The smallest absolute Gasteiger partial charge is 0.345 e. The zero-order valence-electron chi connectivity index (χ0n) is 10.3. The second-order valence-electron chi connectivity index (χ2n) is 4.09. The highest BCUT2D eigenvalue weighted by atomic mass is 35.5. The van der Waals surface area contributed by atoms with E-state index in [1.165, 1.54) is 0 Å². The SMILES string of the molecule is CN1CCC(=O)NC1=NC(=O)Nc1ccc(Cl)cc1. The van der Waals surface area contributed by atoms with Gasteiger partial charge in [0.1, 0.15) is 0 Å². The molecule has 1 aromatic rings. The molecule has 1 aliphatic rings. The summed E-state index contributed by atoms with van der Waals surface area (Å²) in [5.74, 6) is 0.110. The van der Waals surface area contributed by atoms with E-state index in [9.17, 15) is 9.59 Å². The minimum atomic E-state index is -0.550. The molecule has 7 heteroatoms. The van der Waals surface area contributed by atoms with Crippen LogP contribution >= 0.6 is 11.6 Å². The average Bonchev–Trinajstić information content (AvgIpc) is 2.37. The van der Waals surface area contributed by atoms with Crippen molar-refractivity contribution < 1.29 is 9.59 Å². The topological polar surface area (TPSA) is 73.8 Å². The number of rotatable bonds is 1. The van der Waals surface area contributed by atoms with Crippen molar-refractivity contribution in [1.29, 1.82) is 0 Å². The maximum atomic E-state index is 11.7. The van der Waals surface area contributed by atoms with E-state index in [0.717, 1.165) is 0 Å². The van der Waals surface area contributed by atoms with Gasteiger partial charge in [0.2, 0.25) is 11.9 Å². The number of guanidine groups is 1. The molecule has 100 valence electrons. The molecule has 0 spiro atoms. The van der Waals surface area contributed by atoms with Gasteiger partial charge in [-0.2, -0.15) is 4.99 Å². The van der Waals surface area contributed by atoms with Crippen LogP contribution in [0.2, 0.25) is 5.02 Å². The van der Waals surface area contributed by atoms with Crippen LogP contribution < -0.4 is 10.6 Å². The predicted molar refractivity (Wildman–Crippen MR) is 73.3 cm³/mol. The molecule has 0 aliphatic carbocycles. The second-order valence-corrected chi connectivity index (χ2v) is 4.53. The summed E-state index contributed by atoms with van der Waals surface area (Å²) in [6.45, 7) is 0.541. The van der Waals surface area contributed by atoms with Crippen LogP contribution in [-0.4, -0.2) is 36.4 Å². The molecule has 19 heavy (non-hydrogen) atoms. The lowest BCUT2D eigenvalue weighted by atomic mass is 10.3. The lowest BCUT2D eigenvalue weighted by molar-refractivity contribution is -0.120. The number of halogens is 1. The standard InChI is InChI=1S/C12H13ClN4O2/c1-17-7-6-10(18)15-11(17)16-12(19)14-9-4-2-8(13)3-5-9/h2-5H,6-7H2,1H3,(H2,14,15,16,18,19). The highest BCUT2D eigenvalue weighted by Gasteiger charge is 2.18. The molecule has 3 amide bonds. The van der Waals surface area contributed by atoms with Crippen molar-refractivity contribution >= 4 is 35.2 Å².